The van der Waals surface area contributed by atoms with Gasteiger partial charge in [0.15, 0.2) is 11.5 Å². The van der Waals surface area contributed by atoms with Gasteiger partial charge in [0, 0.05) is 19.5 Å². The van der Waals surface area contributed by atoms with Crippen LogP contribution in [0.3, 0.4) is 0 Å². The van der Waals surface area contributed by atoms with Crippen LogP contribution >= 0.6 is 0 Å². The summed E-state index contributed by atoms with van der Waals surface area (Å²) in [6.07, 6.45) is 2.56. The summed E-state index contributed by atoms with van der Waals surface area (Å²) in [5.74, 6) is 0.978. The summed E-state index contributed by atoms with van der Waals surface area (Å²) in [6.45, 7) is 3.32. The number of methoxy groups -OCH3 is 2. The summed E-state index contributed by atoms with van der Waals surface area (Å²) < 4.78 is 15.8. The topological polar surface area (TPSA) is 65.1 Å². The van der Waals surface area contributed by atoms with Gasteiger partial charge < -0.3 is 19.1 Å². The van der Waals surface area contributed by atoms with Gasteiger partial charge in [0.2, 0.25) is 5.91 Å². The molecule has 1 aliphatic rings. The van der Waals surface area contributed by atoms with Crippen molar-refractivity contribution in [1.82, 2.24) is 4.90 Å². The van der Waals surface area contributed by atoms with Gasteiger partial charge in [0.25, 0.3) is 0 Å². The molecule has 1 heterocycles. The van der Waals surface area contributed by atoms with Gasteiger partial charge in [-0.15, -0.1) is 0 Å². The number of likely N-dealkylation sites (tertiary alicyclic amines) is 1. The van der Waals surface area contributed by atoms with Crippen molar-refractivity contribution >= 4 is 11.9 Å². The van der Waals surface area contributed by atoms with Crippen LogP contribution in [0.15, 0.2) is 18.2 Å². The monoisotopic (exact) mass is 349 g/mol. The molecule has 25 heavy (non-hydrogen) atoms. The zero-order chi connectivity index (χ0) is 18.2. The van der Waals surface area contributed by atoms with Gasteiger partial charge in [-0.1, -0.05) is 12.1 Å². The van der Waals surface area contributed by atoms with Crippen molar-refractivity contribution in [2.45, 2.75) is 32.6 Å². The second-order valence-electron chi connectivity index (χ2n) is 6.08. The first-order valence-corrected chi connectivity index (χ1v) is 8.75. The van der Waals surface area contributed by atoms with Gasteiger partial charge in [-0.25, -0.2) is 0 Å². The van der Waals surface area contributed by atoms with Crippen molar-refractivity contribution in [2.24, 2.45) is 5.92 Å². The Morgan fingerprint density at radius 3 is 2.72 bits per heavy atom. The predicted molar refractivity (Wildman–Crippen MR) is 93.8 cm³/mol. The van der Waals surface area contributed by atoms with Crippen molar-refractivity contribution in [3.63, 3.8) is 0 Å². The van der Waals surface area contributed by atoms with E-state index in [4.69, 9.17) is 14.2 Å². The van der Waals surface area contributed by atoms with Crippen LogP contribution in [0.1, 0.15) is 31.7 Å². The zero-order valence-electron chi connectivity index (χ0n) is 15.2. The van der Waals surface area contributed by atoms with Crippen LogP contribution in [-0.2, 0) is 20.7 Å². The van der Waals surface area contributed by atoms with Crippen LogP contribution in [0.2, 0.25) is 0 Å². The van der Waals surface area contributed by atoms with Crippen molar-refractivity contribution in [1.29, 1.82) is 0 Å². The molecular formula is C19H27NO5. The number of hydrogen-bond donors (Lipinski definition) is 0. The molecule has 0 aromatic heterocycles. The quantitative estimate of drug-likeness (QED) is 0.708. The molecule has 1 atom stereocenters. The van der Waals surface area contributed by atoms with Crippen molar-refractivity contribution in [2.75, 3.05) is 33.9 Å². The van der Waals surface area contributed by atoms with E-state index in [-0.39, 0.29) is 17.8 Å². The molecule has 0 unspecified atom stereocenters. The van der Waals surface area contributed by atoms with E-state index in [1.807, 2.05) is 18.2 Å². The smallest absolute Gasteiger partial charge is 0.310 e. The molecule has 0 aliphatic carbocycles. The number of aryl methyl sites for hydroxylation is 1. The summed E-state index contributed by atoms with van der Waals surface area (Å²) in [5, 5.41) is 0. The fraction of sp³-hybridized carbons (Fsp3) is 0.579. The number of amides is 1. The first kappa shape index (κ1) is 19.1. The van der Waals surface area contributed by atoms with E-state index in [2.05, 4.69) is 0 Å². The van der Waals surface area contributed by atoms with Gasteiger partial charge in [-0.3, -0.25) is 9.59 Å². The molecule has 1 aromatic rings. The highest BCUT2D eigenvalue weighted by Gasteiger charge is 2.29. The molecule has 6 heteroatoms. The van der Waals surface area contributed by atoms with Gasteiger partial charge >= 0.3 is 5.97 Å². The Bertz CT molecular complexity index is 601. The van der Waals surface area contributed by atoms with Crippen LogP contribution in [0.25, 0.3) is 0 Å². The first-order valence-electron chi connectivity index (χ1n) is 8.75. The maximum atomic E-state index is 12.6. The summed E-state index contributed by atoms with van der Waals surface area (Å²) in [6, 6.07) is 5.66. The second-order valence-corrected chi connectivity index (χ2v) is 6.08. The molecule has 2 rings (SSSR count). The lowest BCUT2D eigenvalue weighted by molar-refractivity contribution is -0.151. The van der Waals surface area contributed by atoms with Crippen molar-refractivity contribution < 1.29 is 23.8 Å². The van der Waals surface area contributed by atoms with Gasteiger partial charge in [-0.2, -0.15) is 0 Å². The van der Waals surface area contributed by atoms with E-state index in [1.54, 1.807) is 26.0 Å². The van der Waals surface area contributed by atoms with Gasteiger partial charge in [0.1, 0.15) is 0 Å². The highest BCUT2D eigenvalue weighted by atomic mass is 16.5. The molecule has 0 N–H and O–H groups in total. The Balaban J connectivity index is 1.95. The number of para-hydroxylation sites is 1. The Morgan fingerprint density at radius 1 is 1.24 bits per heavy atom. The maximum absolute atomic E-state index is 12.6. The molecule has 1 fully saturated rings. The average molecular weight is 349 g/mol. The summed E-state index contributed by atoms with van der Waals surface area (Å²) in [5.41, 5.74) is 0.939. The molecule has 0 saturated carbocycles. The molecule has 1 saturated heterocycles. The number of ether oxygens (including phenoxy) is 3. The van der Waals surface area contributed by atoms with E-state index in [9.17, 15) is 9.59 Å². The first-order chi connectivity index (χ1) is 12.1. The molecule has 0 bridgehead atoms. The molecule has 0 radical (unpaired) electrons. The normalized spacial score (nSPS) is 17.1. The minimum Gasteiger partial charge on any atom is -0.493 e. The summed E-state index contributed by atoms with van der Waals surface area (Å²) in [7, 11) is 3.19. The maximum Gasteiger partial charge on any atom is 0.310 e. The Labute approximate surface area is 149 Å². The lowest BCUT2D eigenvalue weighted by atomic mass is 9.97. The van der Waals surface area contributed by atoms with Crippen LogP contribution in [0.4, 0.5) is 0 Å². The van der Waals surface area contributed by atoms with E-state index < -0.39 is 0 Å². The number of carbonyl (C=O) groups excluding carboxylic acids is 2. The fourth-order valence-electron chi connectivity index (χ4n) is 3.21. The Morgan fingerprint density at radius 2 is 2.04 bits per heavy atom. The molecule has 0 spiro atoms. The third kappa shape index (κ3) is 4.87. The van der Waals surface area contributed by atoms with Crippen molar-refractivity contribution in [3.05, 3.63) is 23.8 Å². The number of esters is 1. The standard InChI is InChI=1S/C19H27NO5/c1-4-25-19(22)15-8-6-12-20(13-15)17(21)11-10-14-7-5-9-16(23-2)18(14)24-3/h5,7,9,15H,4,6,8,10-13H2,1-3H3/t15-/m1/s1. The van der Waals surface area contributed by atoms with E-state index >= 15 is 0 Å². The van der Waals surface area contributed by atoms with Crippen LogP contribution in [0.5, 0.6) is 11.5 Å². The average Bonchev–Trinajstić information content (AvgIpc) is 2.65. The highest BCUT2D eigenvalue weighted by Crippen LogP contribution is 2.31. The predicted octanol–water partition coefficient (Wildman–Crippen LogP) is 2.44. The Hall–Kier alpha value is -2.24. The molecular weight excluding hydrogens is 322 g/mol. The SMILES string of the molecule is CCOC(=O)[C@@H]1CCCN(C(=O)CCc2cccc(OC)c2OC)C1. The van der Waals surface area contributed by atoms with Crippen LogP contribution in [-0.4, -0.2) is 50.7 Å². The largest absolute Gasteiger partial charge is 0.493 e. The second kappa shape index (κ2) is 9.30. The lowest BCUT2D eigenvalue weighted by Gasteiger charge is -2.31. The number of nitrogens with zero attached hydrogens (tertiary/aromatic N) is 1. The van der Waals surface area contributed by atoms with Crippen molar-refractivity contribution in [3.8, 4) is 11.5 Å². The van der Waals surface area contributed by atoms with Gasteiger partial charge in [0.05, 0.1) is 26.7 Å². The third-order valence-corrected chi connectivity index (χ3v) is 4.49. The van der Waals surface area contributed by atoms with Crippen LogP contribution in [0, 0.1) is 5.92 Å². The third-order valence-electron chi connectivity index (χ3n) is 4.49. The number of hydrogen-bond acceptors (Lipinski definition) is 5. The minimum atomic E-state index is -0.205. The Kier molecular flexibility index (Phi) is 7.10. The van der Waals surface area contributed by atoms with E-state index in [1.165, 1.54) is 0 Å². The number of carbonyl (C=O) groups is 2. The molecule has 1 aromatic carbocycles. The summed E-state index contributed by atoms with van der Waals surface area (Å²) in [4.78, 5) is 26.2. The minimum absolute atomic E-state index is 0.0545. The van der Waals surface area contributed by atoms with E-state index in [0.29, 0.717) is 44.0 Å². The summed E-state index contributed by atoms with van der Waals surface area (Å²) >= 11 is 0. The number of piperidine rings is 1. The fourth-order valence-corrected chi connectivity index (χ4v) is 3.21. The molecule has 138 valence electrons. The van der Waals surface area contributed by atoms with Crippen LogP contribution < -0.4 is 9.47 Å². The number of benzene rings is 1. The lowest BCUT2D eigenvalue weighted by Crippen LogP contribution is -2.42. The van der Waals surface area contributed by atoms with Gasteiger partial charge in [-0.05, 0) is 37.8 Å². The molecule has 1 aliphatic heterocycles. The number of rotatable bonds is 7. The van der Waals surface area contributed by atoms with E-state index in [0.717, 1.165) is 18.4 Å². The molecule has 6 nitrogen and oxygen atoms in total. The molecule has 1 amide bonds. The zero-order valence-corrected chi connectivity index (χ0v) is 15.2. The highest BCUT2D eigenvalue weighted by molar-refractivity contribution is 5.79.